The van der Waals surface area contributed by atoms with E-state index in [2.05, 4.69) is 30.5 Å². The predicted molar refractivity (Wildman–Crippen MR) is 118 cm³/mol. The van der Waals surface area contributed by atoms with Crippen LogP contribution in [-0.4, -0.2) is 48.9 Å². The highest BCUT2D eigenvalue weighted by atomic mass is 16.1. The molecule has 1 aliphatic rings. The van der Waals surface area contributed by atoms with Gasteiger partial charge in [-0.15, -0.1) is 10.2 Å². The number of amides is 1. The normalized spacial score (nSPS) is 14.2. The van der Waals surface area contributed by atoms with E-state index in [4.69, 9.17) is 0 Å². The molecule has 1 N–H and O–H groups in total. The molecule has 8 heteroatoms. The van der Waals surface area contributed by atoms with Crippen LogP contribution in [0.1, 0.15) is 28.9 Å². The first-order valence-electron chi connectivity index (χ1n) is 10.4. The zero-order valence-corrected chi connectivity index (χ0v) is 17.3. The summed E-state index contributed by atoms with van der Waals surface area (Å²) in [6, 6.07) is 11.3. The number of benzene rings is 1. The Bertz CT molecular complexity index is 1240. The van der Waals surface area contributed by atoms with Gasteiger partial charge in [-0.25, -0.2) is 0 Å². The molecule has 4 aromatic rings. The fourth-order valence-corrected chi connectivity index (χ4v) is 3.92. The Labute approximate surface area is 179 Å². The third-order valence-electron chi connectivity index (χ3n) is 5.53. The summed E-state index contributed by atoms with van der Waals surface area (Å²) in [6.07, 6.45) is 7.92. The molecule has 8 nitrogen and oxygen atoms in total. The highest BCUT2D eigenvalue weighted by molar-refractivity contribution is 6.04. The first kappa shape index (κ1) is 19.3. The van der Waals surface area contributed by atoms with Crippen LogP contribution < -0.4 is 5.32 Å². The van der Waals surface area contributed by atoms with E-state index in [-0.39, 0.29) is 5.91 Å². The van der Waals surface area contributed by atoms with Crippen LogP contribution >= 0.6 is 0 Å². The van der Waals surface area contributed by atoms with Gasteiger partial charge in [0, 0.05) is 42.5 Å². The summed E-state index contributed by atoms with van der Waals surface area (Å²) >= 11 is 0. The molecule has 4 heterocycles. The average molecular weight is 413 g/mol. The Hall–Kier alpha value is -3.65. The van der Waals surface area contributed by atoms with Crippen molar-refractivity contribution in [1.29, 1.82) is 0 Å². The van der Waals surface area contributed by atoms with Crippen molar-refractivity contribution in [3.63, 3.8) is 0 Å². The molecule has 0 radical (unpaired) electrons. The number of pyridine rings is 1. The highest BCUT2D eigenvalue weighted by Crippen LogP contribution is 2.24. The fourth-order valence-electron chi connectivity index (χ4n) is 3.92. The number of fused-ring (bicyclic) bond motifs is 1. The molecule has 156 valence electrons. The van der Waals surface area contributed by atoms with E-state index < -0.39 is 0 Å². The molecule has 0 saturated carbocycles. The fraction of sp³-hybridized carbons (Fsp3) is 0.261. The lowest BCUT2D eigenvalue weighted by molar-refractivity contribution is 0.102. The molecule has 0 bridgehead atoms. The summed E-state index contributed by atoms with van der Waals surface area (Å²) in [6.45, 7) is 2.95. The number of hydrogen-bond acceptors (Lipinski definition) is 6. The lowest BCUT2D eigenvalue weighted by Crippen LogP contribution is -2.20. The molecule has 31 heavy (non-hydrogen) atoms. The van der Waals surface area contributed by atoms with Gasteiger partial charge in [-0.3, -0.25) is 19.4 Å². The largest absolute Gasteiger partial charge is 0.305 e. The van der Waals surface area contributed by atoms with Crippen molar-refractivity contribution in [2.24, 2.45) is 7.05 Å². The van der Waals surface area contributed by atoms with E-state index in [0.29, 0.717) is 11.4 Å². The minimum Gasteiger partial charge on any atom is -0.305 e. The van der Waals surface area contributed by atoms with Crippen molar-refractivity contribution in [3.05, 3.63) is 66.2 Å². The molecule has 1 aliphatic heterocycles. The summed E-state index contributed by atoms with van der Waals surface area (Å²) in [7, 11) is 1.89. The van der Waals surface area contributed by atoms with Gasteiger partial charge in [0.25, 0.3) is 5.91 Å². The maximum Gasteiger partial charge on any atom is 0.256 e. The first-order chi connectivity index (χ1) is 15.1. The Morgan fingerprint density at radius 2 is 1.94 bits per heavy atom. The molecule has 0 spiro atoms. The summed E-state index contributed by atoms with van der Waals surface area (Å²) < 4.78 is 1.77. The second-order valence-corrected chi connectivity index (χ2v) is 7.88. The summed E-state index contributed by atoms with van der Waals surface area (Å²) in [4.78, 5) is 19.6. The number of nitrogens with zero attached hydrogens (tertiary/aromatic N) is 6. The topological polar surface area (TPSA) is 88.8 Å². The van der Waals surface area contributed by atoms with Crippen molar-refractivity contribution < 1.29 is 4.79 Å². The zero-order chi connectivity index (χ0) is 21.2. The van der Waals surface area contributed by atoms with Gasteiger partial charge in [0.1, 0.15) is 0 Å². The predicted octanol–water partition coefficient (Wildman–Crippen LogP) is 3.27. The van der Waals surface area contributed by atoms with Crippen molar-refractivity contribution in [2.45, 2.75) is 19.4 Å². The van der Waals surface area contributed by atoms with Crippen LogP contribution in [0.15, 0.2) is 55.0 Å². The number of aryl methyl sites for hydroxylation is 1. The van der Waals surface area contributed by atoms with E-state index in [1.165, 1.54) is 12.8 Å². The maximum absolute atomic E-state index is 12.8. The molecule has 1 saturated heterocycles. The van der Waals surface area contributed by atoms with E-state index >= 15 is 0 Å². The number of aromatic nitrogens is 5. The quantitative estimate of drug-likeness (QED) is 0.540. The van der Waals surface area contributed by atoms with E-state index in [1.807, 2.05) is 49.8 Å². The molecule has 5 rings (SSSR count). The number of rotatable bonds is 5. The monoisotopic (exact) mass is 413 g/mol. The van der Waals surface area contributed by atoms with E-state index in [0.717, 1.165) is 47.4 Å². The molecule has 3 aromatic heterocycles. The van der Waals surface area contributed by atoms with Gasteiger partial charge in [0.05, 0.1) is 17.4 Å². The van der Waals surface area contributed by atoms with Gasteiger partial charge in [-0.1, -0.05) is 6.07 Å². The van der Waals surface area contributed by atoms with Crippen LogP contribution in [0.2, 0.25) is 0 Å². The van der Waals surface area contributed by atoms with Gasteiger partial charge in [-0.2, -0.15) is 5.10 Å². The van der Waals surface area contributed by atoms with Crippen molar-refractivity contribution >= 4 is 22.6 Å². The summed E-state index contributed by atoms with van der Waals surface area (Å²) in [5, 5.41) is 16.4. The van der Waals surface area contributed by atoms with Crippen LogP contribution in [0, 0.1) is 0 Å². The van der Waals surface area contributed by atoms with Crippen LogP contribution in [0.25, 0.3) is 22.0 Å². The van der Waals surface area contributed by atoms with E-state index in [9.17, 15) is 4.79 Å². The Morgan fingerprint density at radius 3 is 2.74 bits per heavy atom. The van der Waals surface area contributed by atoms with Gasteiger partial charge < -0.3 is 5.32 Å². The lowest BCUT2D eigenvalue weighted by Gasteiger charge is -2.14. The minimum atomic E-state index is -0.220. The number of likely N-dealkylation sites (tertiary alicyclic amines) is 1. The lowest BCUT2D eigenvalue weighted by atomic mass is 10.1. The number of anilines is 1. The summed E-state index contributed by atoms with van der Waals surface area (Å²) in [5.74, 6) is 0.195. The minimum absolute atomic E-state index is 0.220. The second-order valence-electron chi connectivity index (χ2n) is 7.88. The van der Waals surface area contributed by atoms with Gasteiger partial charge in [0.15, 0.2) is 5.82 Å². The number of hydrogen-bond donors (Lipinski definition) is 1. The number of carbonyl (C=O) groups excluding carboxylic acids is 1. The smallest absolute Gasteiger partial charge is 0.256 e. The van der Waals surface area contributed by atoms with Crippen LogP contribution in [0.4, 0.5) is 5.82 Å². The Kier molecular flexibility index (Phi) is 5.13. The van der Waals surface area contributed by atoms with Crippen LogP contribution in [-0.2, 0) is 13.6 Å². The van der Waals surface area contributed by atoms with E-state index in [1.54, 1.807) is 16.9 Å². The Morgan fingerprint density at radius 1 is 1.06 bits per heavy atom. The third-order valence-corrected chi connectivity index (χ3v) is 5.53. The van der Waals surface area contributed by atoms with Crippen molar-refractivity contribution in [2.75, 3.05) is 18.4 Å². The molecule has 1 amide bonds. The summed E-state index contributed by atoms with van der Waals surface area (Å²) in [5.41, 5.74) is 4.29. The first-order valence-corrected chi connectivity index (χ1v) is 10.4. The van der Waals surface area contributed by atoms with Crippen LogP contribution in [0.3, 0.4) is 0 Å². The van der Waals surface area contributed by atoms with Crippen molar-refractivity contribution in [3.8, 4) is 11.1 Å². The third kappa shape index (κ3) is 4.29. The van der Waals surface area contributed by atoms with Crippen molar-refractivity contribution in [1.82, 2.24) is 29.9 Å². The van der Waals surface area contributed by atoms with Gasteiger partial charge >= 0.3 is 0 Å². The Balaban J connectivity index is 1.35. The molecule has 0 aliphatic carbocycles. The molecule has 0 unspecified atom stereocenters. The molecular formula is C23H23N7O. The molecule has 1 fully saturated rings. The average Bonchev–Trinajstić information content (AvgIpc) is 3.45. The molecule has 0 atom stereocenters. The number of nitrogens with one attached hydrogen (secondary N) is 1. The van der Waals surface area contributed by atoms with Crippen LogP contribution in [0.5, 0.6) is 0 Å². The zero-order valence-electron chi connectivity index (χ0n) is 17.3. The molecule has 1 aromatic carbocycles. The standard InChI is InChI=1S/C23H23N7O/c1-29-14-19(13-25-29)16-4-5-21-18(10-16)12-22(28-27-21)26-23(31)17-6-7-24-20(11-17)15-30-8-2-3-9-30/h4-7,10-14H,2-3,8-9,15H2,1H3,(H,26,28,31). The SMILES string of the molecule is Cn1cc(-c2ccc3nnc(NC(=O)c4ccnc(CN5CCCC5)c4)cc3c2)cn1. The number of carbonyl (C=O) groups is 1. The highest BCUT2D eigenvalue weighted by Gasteiger charge is 2.14. The second kappa shape index (κ2) is 8.23. The molecular weight excluding hydrogens is 390 g/mol. The van der Waals surface area contributed by atoms with Gasteiger partial charge in [-0.05, 0) is 61.8 Å². The van der Waals surface area contributed by atoms with Gasteiger partial charge in [0.2, 0.25) is 0 Å². The maximum atomic E-state index is 12.8.